The lowest BCUT2D eigenvalue weighted by Gasteiger charge is -2.11. The summed E-state index contributed by atoms with van der Waals surface area (Å²) in [6.45, 7) is 6.59. The first-order chi connectivity index (χ1) is 9.56. The number of benzene rings is 1. The van der Waals surface area contributed by atoms with Gasteiger partial charge in [-0.2, -0.15) is 0 Å². The third kappa shape index (κ3) is 2.87. The van der Waals surface area contributed by atoms with Crippen LogP contribution in [0, 0.1) is 13.8 Å². The van der Waals surface area contributed by atoms with Crippen molar-refractivity contribution in [2.45, 2.75) is 33.2 Å². The Labute approximate surface area is 131 Å². The topological polar surface area (TPSA) is 49.4 Å². The average molecular weight is 309 g/mol. The number of nitrogens with two attached hydrogens (primary N) is 1. The van der Waals surface area contributed by atoms with Crippen LogP contribution >= 0.6 is 12.4 Å². The van der Waals surface area contributed by atoms with Gasteiger partial charge < -0.3 is 19.8 Å². The number of hydrogen-bond donors (Lipinski definition) is 1. The summed E-state index contributed by atoms with van der Waals surface area (Å²) < 4.78 is 13.1. The summed E-state index contributed by atoms with van der Waals surface area (Å²) in [4.78, 5) is 0. The summed E-state index contributed by atoms with van der Waals surface area (Å²) in [5.41, 5.74) is 10.8. The van der Waals surface area contributed by atoms with E-state index in [1.165, 1.54) is 17.0 Å². The van der Waals surface area contributed by atoms with Gasteiger partial charge in [-0.05, 0) is 51.0 Å². The van der Waals surface area contributed by atoms with E-state index in [1.807, 2.05) is 19.1 Å². The minimum atomic E-state index is 0. The Bertz CT molecular complexity index is 650. The van der Waals surface area contributed by atoms with Gasteiger partial charge in [-0.15, -0.1) is 12.4 Å². The lowest BCUT2D eigenvalue weighted by Crippen LogP contribution is -2.18. The Hall–Kier alpha value is -1.65. The molecular formula is C16H21ClN2O2. The summed E-state index contributed by atoms with van der Waals surface area (Å²) >= 11 is 0. The van der Waals surface area contributed by atoms with E-state index in [2.05, 4.69) is 30.5 Å². The van der Waals surface area contributed by atoms with Gasteiger partial charge in [0.2, 0.25) is 6.79 Å². The van der Waals surface area contributed by atoms with Gasteiger partial charge in [0.15, 0.2) is 11.5 Å². The third-order valence-electron chi connectivity index (χ3n) is 3.69. The van der Waals surface area contributed by atoms with Crippen molar-refractivity contribution >= 4 is 12.4 Å². The average Bonchev–Trinajstić information content (AvgIpc) is 2.94. The number of nitrogens with zero attached hydrogens (tertiary/aromatic N) is 1. The van der Waals surface area contributed by atoms with Gasteiger partial charge in [0, 0.05) is 29.2 Å². The second-order valence-corrected chi connectivity index (χ2v) is 5.45. The quantitative estimate of drug-likeness (QED) is 0.947. The number of ether oxygens (including phenoxy) is 2. The van der Waals surface area contributed by atoms with E-state index in [1.54, 1.807) is 0 Å². The van der Waals surface area contributed by atoms with Crippen LogP contribution in [0.1, 0.15) is 23.9 Å². The predicted molar refractivity (Wildman–Crippen MR) is 86.0 cm³/mol. The molecule has 1 aliphatic rings. The van der Waals surface area contributed by atoms with Crippen molar-refractivity contribution in [1.29, 1.82) is 0 Å². The highest BCUT2D eigenvalue weighted by molar-refractivity contribution is 5.85. The number of aryl methyl sites for hydroxylation is 1. The molecule has 0 amide bonds. The first-order valence-corrected chi connectivity index (χ1v) is 6.89. The van der Waals surface area contributed by atoms with Gasteiger partial charge in [-0.25, -0.2) is 0 Å². The fourth-order valence-corrected chi connectivity index (χ4v) is 2.80. The smallest absolute Gasteiger partial charge is 0.231 e. The Kier molecular flexibility index (Phi) is 4.49. The molecule has 4 nitrogen and oxygen atoms in total. The van der Waals surface area contributed by atoms with E-state index in [9.17, 15) is 0 Å². The van der Waals surface area contributed by atoms with E-state index in [0.717, 1.165) is 23.6 Å². The molecule has 0 saturated carbocycles. The van der Waals surface area contributed by atoms with E-state index in [-0.39, 0.29) is 18.4 Å². The SMILES string of the molecule is Cc1cc(CC(C)N)c(C)n1-c1ccc2c(c1)OCO2.Cl. The maximum atomic E-state index is 5.92. The van der Waals surface area contributed by atoms with Gasteiger partial charge >= 0.3 is 0 Å². The predicted octanol–water partition coefficient (Wildman–Crippen LogP) is 3.13. The zero-order valence-electron chi connectivity index (χ0n) is 12.6. The van der Waals surface area contributed by atoms with Crippen molar-refractivity contribution < 1.29 is 9.47 Å². The monoisotopic (exact) mass is 308 g/mol. The molecule has 0 aliphatic carbocycles. The maximum absolute atomic E-state index is 5.92. The van der Waals surface area contributed by atoms with Crippen molar-refractivity contribution in [2.24, 2.45) is 5.73 Å². The highest BCUT2D eigenvalue weighted by Gasteiger charge is 2.17. The summed E-state index contributed by atoms with van der Waals surface area (Å²) in [5, 5.41) is 0. The molecule has 3 rings (SSSR count). The Morgan fingerprint density at radius 1 is 1.19 bits per heavy atom. The van der Waals surface area contributed by atoms with E-state index >= 15 is 0 Å². The highest BCUT2D eigenvalue weighted by Crippen LogP contribution is 2.34. The first kappa shape index (κ1) is 15.7. The summed E-state index contributed by atoms with van der Waals surface area (Å²) in [5.74, 6) is 1.62. The number of aromatic nitrogens is 1. The van der Waals surface area contributed by atoms with Crippen LogP contribution in [0.4, 0.5) is 0 Å². The molecule has 2 N–H and O–H groups in total. The molecule has 0 saturated heterocycles. The van der Waals surface area contributed by atoms with E-state index in [0.29, 0.717) is 6.79 Å². The van der Waals surface area contributed by atoms with Crippen molar-refractivity contribution in [3.8, 4) is 17.2 Å². The molecule has 2 aromatic rings. The third-order valence-corrected chi connectivity index (χ3v) is 3.69. The molecule has 1 aromatic heterocycles. The molecule has 0 spiro atoms. The molecule has 21 heavy (non-hydrogen) atoms. The van der Waals surface area contributed by atoms with Gasteiger partial charge in [0.1, 0.15) is 0 Å². The lowest BCUT2D eigenvalue weighted by atomic mass is 10.1. The van der Waals surface area contributed by atoms with E-state index < -0.39 is 0 Å². The lowest BCUT2D eigenvalue weighted by molar-refractivity contribution is 0.174. The van der Waals surface area contributed by atoms with Crippen molar-refractivity contribution in [2.75, 3.05) is 6.79 Å². The molecule has 1 atom stereocenters. The van der Waals surface area contributed by atoms with Crippen molar-refractivity contribution in [3.63, 3.8) is 0 Å². The Balaban J connectivity index is 0.00000161. The van der Waals surface area contributed by atoms with Gasteiger partial charge in [-0.3, -0.25) is 0 Å². The molecule has 1 aliphatic heterocycles. The van der Waals surface area contributed by atoms with Crippen molar-refractivity contribution in [3.05, 3.63) is 41.2 Å². The number of hydrogen-bond acceptors (Lipinski definition) is 3. The fourth-order valence-electron chi connectivity index (χ4n) is 2.80. The van der Waals surface area contributed by atoms with Crippen LogP contribution in [-0.4, -0.2) is 17.4 Å². The maximum Gasteiger partial charge on any atom is 0.231 e. The van der Waals surface area contributed by atoms with Gasteiger partial charge in [-0.1, -0.05) is 0 Å². The normalized spacial score (nSPS) is 13.9. The Morgan fingerprint density at radius 3 is 2.62 bits per heavy atom. The van der Waals surface area contributed by atoms with Gasteiger partial charge in [0.25, 0.3) is 0 Å². The second kappa shape index (κ2) is 6.00. The van der Waals surface area contributed by atoms with Crippen LogP contribution in [0.25, 0.3) is 5.69 Å². The molecular weight excluding hydrogens is 288 g/mol. The van der Waals surface area contributed by atoms with Crippen LogP contribution in [0.15, 0.2) is 24.3 Å². The molecule has 1 aromatic carbocycles. The largest absolute Gasteiger partial charge is 0.454 e. The van der Waals surface area contributed by atoms with Gasteiger partial charge in [0.05, 0.1) is 0 Å². The molecule has 1 unspecified atom stereocenters. The molecule has 0 bridgehead atoms. The zero-order chi connectivity index (χ0) is 14.3. The standard InChI is InChI=1S/C16H20N2O2.ClH/c1-10(17)6-13-7-11(2)18(12(13)3)14-4-5-15-16(8-14)20-9-19-15;/h4-5,7-8,10H,6,9,17H2,1-3H3;1H. The molecule has 0 fully saturated rings. The summed E-state index contributed by atoms with van der Waals surface area (Å²) in [6, 6.07) is 8.42. The van der Waals surface area contributed by atoms with Crippen LogP contribution < -0.4 is 15.2 Å². The summed E-state index contributed by atoms with van der Waals surface area (Å²) in [6.07, 6.45) is 0.893. The number of halogens is 1. The fraction of sp³-hybridized carbons (Fsp3) is 0.375. The van der Waals surface area contributed by atoms with Crippen LogP contribution in [-0.2, 0) is 6.42 Å². The minimum absolute atomic E-state index is 0. The Morgan fingerprint density at radius 2 is 1.90 bits per heavy atom. The van der Waals surface area contributed by atoms with Crippen LogP contribution in [0.2, 0.25) is 0 Å². The molecule has 114 valence electrons. The zero-order valence-corrected chi connectivity index (χ0v) is 13.4. The molecule has 5 heteroatoms. The molecule has 2 heterocycles. The highest BCUT2D eigenvalue weighted by atomic mass is 35.5. The molecule has 0 radical (unpaired) electrons. The van der Waals surface area contributed by atoms with E-state index in [4.69, 9.17) is 15.2 Å². The second-order valence-electron chi connectivity index (χ2n) is 5.45. The number of fused-ring (bicyclic) bond motifs is 1. The summed E-state index contributed by atoms with van der Waals surface area (Å²) in [7, 11) is 0. The first-order valence-electron chi connectivity index (χ1n) is 6.89. The number of rotatable bonds is 3. The van der Waals surface area contributed by atoms with Crippen molar-refractivity contribution in [1.82, 2.24) is 4.57 Å². The minimum Gasteiger partial charge on any atom is -0.454 e. The van der Waals surface area contributed by atoms with Crippen LogP contribution in [0.3, 0.4) is 0 Å². The van der Waals surface area contributed by atoms with Crippen LogP contribution in [0.5, 0.6) is 11.5 Å².